The Kier molecular flexibility index (Phi) is 28.7. The number of methoxy groups -OCH3 is 3. The predicted octanol–water partition coefficient (Wildman–Crippen LogP) is 3.58. The number of hydrogen-bond donors (Lipinski definition) is 9. The maximum atomic E-state index is 14.3. The number of carbonyl (C=O) groups is 6. The normalized spacial score (nSPS) is 12.0. The highest BCUT2D eigenvalue weighted by molar-refractivity contribution is 8.00. The number of fused-ring (bicyclic) bond motifs is 1. The molecular formula is C47H51ClF5N14O21PS4. The molecule has 0 saturated carbocycles. The lowest BCUT2D eigenvalue weighted by molar-refractivity contribution is -0.137. The van der Waals surface area contributed by atoms with Gasteiger partial charge in [0, 0.05) is 38.3 Å². The van der Waals surface area contributed by atoms with Gasteiger partial charge in [-0.05, 0) is 60.6 Å². The van der Waals surface area contributed by atoms with E-state index in [0.29, 0.717) is 28.9 Å². The molecule has 9 N–H and O–H groups in total. The lowest BCUT2D eigenvalue weighted by Gasteiger charge is -2.15. The largest absolute Gasteiger partial charge is 0.481 e. The molecule has 0 spiro atoms. The summed E-state index contributed by atoms with van der Waals surface area (Å²) in [6, 6.07) is 8.77. The Morgan fingerprint density at radius 2 is 1.31 bits per heavy atom. The number of nitrogens with one attached hydrogen (secondary N) is 5. The van der Waals surface area contributed by atoms with E-state index in [9.17, 15) is 76.9 Å². The third-order valence-electron chi connectivity index (χ3n) is 10.4. The van der Waals surface area contributed by atoms with Crippen molar-refractivity contribution in [2.24, 2.45) is 4.99 Å². The van der Waals surface area contributed by atoms with Crippen LogP contribution < -0.4 is 54.0 Å². The molecule has 0 aliphatic carbocycles. The highest BCUT2D eigenvalue weighted by atomic mass is 35.5. The molecule has 4 aromatic heterocycles. The molecule has 0 atom stereocenters. The quantitative estimate of drug-likeness (QED) is 0.0203. The fourth-order valence-electron chi connectivity index (χ4n) is 6.66. The minimum atomic E-state index is -4.71. The Bertz CT molecular complexity index is 4070. The number of pyridine rings is 1. The number of thioether (sulfide) groups is 1. The molecule has 1 aliphatic heterocycles. The van der Waals surface area contributed by atoms with E-state index in [-0.39, 0.29) is 44.6 Å². The van der Waals surface area contributed by atoms with Crippen LogP contribution >= 0.6 is 42.3 Å². The van der Waals surface area contributed by atoms with E-state index < -0.39 is 129 Å². The van der Waals surface area contributed by atoms with Crippen molar-refractivity contribution in [3.05, 3.63) is 103 Å². The van der Waals surface area contributed by atoms with Gasteiger partial charge in [0.2, 0.25) is 40.2 Å². The van der Waals surface area contributed by atoms with Crippen LogP contribution in [-0.2, 0) is 52.0 Å². The van der Waals surface area contributed by atoms with Crippen LogP contribution in [0.2, 0.25) is 5.02 Å². The number of carbonyl (C=O) groups excluding carboxylic acids is 4. The Labute approximate surface area is 533 Å². The molecule has 506 valence electrons. The lowest BCUT2D eigenvalue weighted by atomic mass is 10.2. The van der Waals surface area contributed by atoms with Gasteiger partial charge in [0.15, 0.2) is 5.03 Å². The van der Waals surface area contributed by atoms with E-state index in [1.54, 1.807) is 19.4 Å². The summed E-state index contributed by atoms with van der Waals surface area (Å²) in [5, 5.41) is 22.6. The first kappa shape index (κ1) is 76.3. The van der Waals surface area contributed by atoms with Crippen molar-refractivity contribution in [3.63, 3.8) is 0 Å². The zero-order valence-electron chi connectivity index (χ0n) is 48.1. The summed E-state index contributed by atoms with van der Waals surface area (Å²) in [4.78, 5) is 120. The van der Waals surface area contributed by atoms with Crippen LogP contribution in [0.4, 0.5) is 49.1 Å². The van der Waals surface area contributed by atoms with Crippen LogP contribution in [0.1, 0.15) is 33.6 Å². The van der Waals surface area contributed by atoms with Gasteiger partial charge >= 0.3 is 55.7 Å². The maximum absolute atomic E-state index is 14.3. The highest BCUT2D eigenvalue weighted by Gasteiger charge is 2.29. The zero-order chi connectivity index (χ0) is 69.5. The number of hydrogen-bond acceptors (Lipinski definition) is 26. The number of aromatic nitrogens is 7. The molecule has 46 heteroatoms. The first-order valence-electron chi connectivity index (χ1n) is 25.0. The first-order valence-corrected chi connectivity index (χ1v) is 31.9. The second-order valence-corrected chi connectivity index (χ2v) is 24.6. The van der Waals surface area contributed by atoms with Gasteiger partial charge in [-0.2, -0.15) is 45.9 Å². The molecule has 0 fully saturated rings. The summed E-state index contributed by atoms with van der Waals surface area (Å²) in [6.45, 7) is -5.93. The number of rotatable bonds is 22. The number of anilines is 2. The minimum Gasteiger partial charge on any atom is -0.481 e. The van der Waals surface area contributed by atoms with Crippen molar-refractivity contribution >= 4 is 116 Å². The van der Waals surface area contributed by atoms with Crippen molar-refractivity contribution in [2.45, 2.75) is 54.0 Å². The van der Waals surface area contributed by atoms with Gasteiger partial charge in [0.25, 0.3) is 26.0 Å². The fraction of sp³-hybridized carbons (Fsp3) is 0.298. The van der Waals surface area contributed by atoms with Gasteiger partial charge in [-0.1, -0.05) is 23.7 Å². The number of alkyl halides is 4. The Morgan fingerprint density at radius 1 is 0.785 bits per heavy atom. The molecule has 93 heavy (non-hydrogen) atoms. The standard InChI is InChI=1S/C15H15ClFN3O3S2.C15H18N6O6S.C14H10F4N4O7S.C3H8NO5P/c1-23-13(21)8-24-12-7-11(10(17)6-9(12)16)18-14-19-4-2-3-5-20(19)15(22)25-14;1-21(2)13(22)9-6-5-7-16-12(9)28(24,25)20-15(23)19-14-17-10(26-3)8-11(18-14)27-4;15-11(16)28-8-5-9(29-12(17)18)20-13(19-8)21-14(25)22-30(26,27)7-4-2-1-3-6(7)10(23)24;5-3(6)1-4-2-10(7,8)9/h6-7H,2-5,8H2,1H3;5-8H,1-4H3,(H2,17,18,19,20,23);1-5,11-12H,(H,23,24)(H2,19,20,21,22,25);4H,1-2H2,(H,5,6)(H2,7,8,9)/b18-14-;;;. The molecule has 0 unspecified atom stereocenters. The van der Waals surface area contributed by atoms with Crippen molar-refractivity contribution in [1.29, 1.82) is 0 Å². The van der Waals surface area contributed by atoms with Gasteiger partial charge < -0.3 is 48.6 Å². The van der Waals surface area contributed by atoms with Crippen LogP contribution in [0.5, 0.6) is 23.5 Å². The number of benzene rings is 2. The molecule has 35 nitrogen and oxygen atoms in total. The number of aromatic carboxylic acids is 1. The number of carboxylic acid groups (broad SMARTS) is 2. The predicted molar refractivity (Wildman–Crippen MR) is 312 cm³/mol. The number of ether oxygens (including phenoxy) is 5. The molecule has 0 radical (unpaired) electrons. The smallest absolute Gasteiger partial charge is 0.388 e. The van der Waals surface area contributed by atoms with Crippen LogP contribution in [0.3, 0.4) is 0 Å². The summed E-state index contributed by atoms with van der Waals surface area (Å²) in [5.74, 6) is -7.18. The summed E-state index contributed by atoms with van der Waals surface area (Å²) in [6.07, 6.45) is 2.49. The molecule has 0 bridgehead atoms. The van der Waals surface area contributed by atoms with E-state index in [2.05, 4.69) is 54.8 Å². The average molecular weight is 1440 g/mol. The monoisotopic (exact) mass is 1440 g/mol. The molecule has 0 saturated heterocycles. The van der Waals surface area contributed by atoms with E-state index in [1.807, 2.05) is 0 Å². The molecule has 5 amide bonds. The zero-order valence-corrected chi connectivity index (χ0v) is 53.0. The Balaban J connectivity index is 0.000000277. The van der Waals surface area contributed by atoms with E-state index in [4.69, 9.17) is 41.1 Å². The molecular weight excluding hydrogens is 1390 g/mol. The highest BCUT2D eigenvalue weighted by Crippen LogP contribution is 2.34. The number of carboxylic acids is 2. The summed E-state index contributed by atoms with van der Waals surface area (Å²) < 4.78 is 152. The molecule has 1 aliphatic rings. The Hall–Kier alpha value is -9.17. The average Bonchev–Trinajstić information content (AvgIpc) is 1.76. The topological polar surface area (TPSA) is 482 Å². The van der Waals surface area contributed by atoms with Crippen molar-refractivity contribution in [2.75, 3.05) is 64.6 Å². The maximum Gasteiger partial charge on any atom is 0.388 e. The van der Waals surface area contributed by atoms with E-state index >= 15 is 0 Å². The van der Waals surface area contributed by atoms with Crippen LogP contribution in [0.25, 0.3) is 0 Å². The number of sulfonamides is 2. The number of amides is 5. The third kappa shape index (κ3) is 24.8. The Morgan fingerprint density at radius 3 is 1.83 bits per heavy atom. The van der Waals surface area contributed by atoms with Crippen LogP contribution in [-0.4, -0.2) is 179 Å². The van der Waals surface area contributed by atoms with Gasteiger partial charge in [-0.25, -0.2) is 51.3 Å². The molecule has 7 rings (SSSR count). The minimum absolute atomic E-state index is 0.0605. The number of urea groups is 2. The van der Waals surface area contributed by atoms with Gasteiger partial charge in [-0.3, -0.25) is 44.4 Å². The second kappa shape index (κ2) is 35.0. The lowest BCUT2D eigenvalue weighted by Crippen LogP contribution is -2.36. The van der Waals surface area contributed by atoms with E-state index in [0.717, 1.165) is 54.1 Å². The molecule has 2 aromatic carbocycles. The number of aliphatic carboxylic acids is 1. The fourth-order valence-corrected chi connectivity index (χ4v) is 11.2. The van der Waals surface area contributed by atoms with Crippen molar-refractivity contribution < 1.29 is 116 Å². The number of halogens is 6. The molecule has 6 aromatic rings. The van der Waals surface area contributed by atoms with Crippen LogP contribution in [0.15, 0.2) is 91.5 Å². The van der Waals surface area contributed by atoms with Gasteiger partial charge in [0.1, 0.15) is 16.4 Å². The summed E-state index contributed by atoms with van der Waals surface area (Å²) in [5.41, 5.74) is -0.749. The third-order valence-corrected chi connectivity index (χ3v) is 16.1. The first-order chi connectivity index (χ1) is 43.6. The van der Waals surface area contributed by atoms with Crippen LogP contribution in [0, 0.1) is 5.82 Å². The van der Waals surface area contributed by atoms with E-state index in [1.165, 1.54) is 87.6 Å². The van der Waals surface area contributed by atoms with Gasteiger partial charge in [-0.15, -0.1) is 11.8 Å². The summed E-state index contributed by atoms with van der Waals surface area (Å²) >= 11 is 8.17. The SMILES string of the molecule is COC(=O)CSc1cc(/N=c2\sc(=O)n3n2CCCC3)c(F)cc1Cl.COc1cc(OC)nc(NC(=O)NS(=O)(=O)c2ncccc2C(=O)N(C)C)n1.O=C(Nc1nc(OC(F)F)cc(OC(F)F)n1)NS(=O)(=O)c1ccccc1C(=O)O.O=C(O)CNCP(=O)(O)O. The van der Waals surface area contributed by atoms with Crippen molar-refractivity contribution in [3.8, 4) is 23.5 Å². The number of esters is 1. The van der Waals surface area contributed by atoms with Gasteiger partial charge in [0.05, 0.1) is 68.2 Å². The number of nitrogens with zero attached hydrogens (tertiary/aromatic N) is 9. The molecule has 5 heterocycles. The van der Waals surface area contributed by atoms with Crippen molar-refractivity contribution in [1.82, 2.24) is 53.9 Å². The second-order valence-electron chi connectivity index (χ2n) is 17.3. The summed E-state index contributed by atoms with van der Waals surface area (Å²) in [7, 11) is -6.36.